The maximum Gasteiger partial charge on any atom is 0.138 e. The minimum atomic E-state index is 0.248. The van der Waals surface area contributed by atoms with Crippen LogP contribution in [-0.2, 0) is 6.42 Å². The van der Waals surface area contributed by atoms with Crippen molar-refractivity contribution in [3.8, 4) is 17.1 Å². The largest absolute Gasteiger partial charge is 0.508 e. The molecule has 2 aromatic carbocycles. The normalized spacial score (nSPS) is 13.5. The van der Waals surface area contributed by atoms with Gasteiger partial charge in [-0.15, -0.1) is 0 Å². The van der Waals surface area contributed by atoms with Crippen molar-refractivity contribution >= 4 is 16.7 Å². The van der Waals surface area contributed by atoms with Crippen molar-refractivity contribution in [1.29, 1.82) is 0 Å². The maximum absolute atomic E-state index is 9.48. The molecule has 0 fully saturated rings. The highest BCUT2D eigenvalue weighted by Gasteiger charge is 2.12. The van der Waals surface area contributed by atoms with Crippen molar-refractivity contribution in [3.63, 3.8) is 0 Å². The van der Waals surface area contributed by atoms with E-state index in [0.29, 0.717) is 0 Å². The lowest BCUT2D eigenvalue weighted by atomic mass is 10.1. The number of fused-ring (bicyclic) bond motifs is 2. The Morgan fingerprint density at radius 1 is 1.11 bits per heavy atom. The molecule has 3 aromatic rings. The van der Waals surface area contributed by atoms with Crippen molar-refractivity contribution in [2.45, 2.75) is 6.42 Å². The first-order valence-electron chi connectivity index (χ1n) is 6.35. The number of phenolic OH excluding ortho intramolecular Hbond substituents is 1. The van der Waals surface area contributed by atoms with Crippen molar-refractivity contribution in [1.82, 2.24) is 9.97 Å². The van der Waals surface area contributed by atoms with Crippen LogP contribution < -0.4 is 5.32 Å². The van der Waals surface area contributed by atoms with Gasteiger partial charge in [0.25, 0.3) is 0 Å². The molecule has 0 radical (unpaired) electrons. The number of nitrogens with one attached hydrogen (secondary N) is 2. The molecule has 0 atom stereocenters. The van der Waals surface area contributed by atoms with E-state index < -0.39 is 0 Å². The average molecular weight is 251 g/mol. The molecule has 0 unspecified atom stereocenters. The van der Waals surface area contributed by atoms with Crippen molar-refractivity contribution in [2.24, 2.45) is 0 Å². The van der Waals surface area contributed by atoms with Crippen LogP contribution in [0, 0.1) is 0 Å². The SMILES string of the molecule is Oc1ccc2nc(-c3ccc4c(c3)NCC4)[nH]c2c1. The van der Waals surface area contributed by atoms with Gasteiger partial charge < -0.3 is 15.4 Å². The summed E-state index contributed by atoms with van der Waals surface area (Å²) in [5.41, 5.74) is 5.33. The summed E-state index contributed by atoms with van der Waals surface area (Å²) in [6.07, 6.45) is 1.09. The Bertz CT molecular complexity index is 776. The van der Waals surface area contributed by atoms with E-state index in [1.807, 2.05) is 6.07 Å². The number of aromatic nitrogens is 2. The molecule has 19 heavy (non-hydrogen) atoms. The van der Waals surface area contributed by atoms with E-state index in [1.54, 1.807) is 12.1 Å². The third-order valence-corrected chi connectivity index (χ3v) is 3.56. The Morgan fingerprint density at radius 2 is 2.05 bits per heavy atom. The number of aromatic hydroxyl groups is 1. The number of nitrogens with zero attached hydrogens (tertiary/aromatic N) is 1. The molecule has 4 rings (SSSR count). The third-order valence-electron chi connectivity index (χ3n) is 3.56. The second-order valence-corrected chi connectivity index (χ2v) is 4.84. The molecule has 94 valence electrons. The van der Waals surface area contributed by atoms with E-state index >= 15 is 0 Å². The van der Waals surface area contributed by atoms with E-state index in [9.17, 15) is 5.11 Å². The number of benzene rings is 2. The quantitative estimate of drug-likeness (QED) is 0.623. The van der Waals surface area contributed by atoms with Crippen LogP contribution in [0.4, 0.5) is 5.69 Å². The van der Waals surface area contributed by atoms with Gasteiger partial charge in [0.1, 0.15) is 11.6 Å². The predicted octanol–water partition coefficient (Wildman–Crippen LogP) is 2.90. The van der Waals surface area contributed by atoms with Gasteiger partial charge in [-0.25, -0.2) is 4.98 Å². The second kappa shape index (κ2) is 3.75. The number of H-pyrrole nitrogens is 1. The molecule has 4 heteroatoms. The molecular weight excluding hydrogens is 238 g/mol. The zero-order valence-corrected chi connectivity index (χ0v) is 10.3. The van der Waals surface area contributed by atoms with Crippen LogP contribution in [0.15, 0.2) is 36.4 Å². The highest BCUT2D eigenvalue weighted by Crippen LogP contribution is 2.29. The first-order valence-corrected chi connectivity index (χ1v) is 6.35. The van der Waals surface area contributed by atoms with Gasteiger partial charge >= 0.3 is 0 Å². The van der Waals surface area contributed by atoms with E-state index in [4.69, 9.17) is 0 Å². The van der Waals surface area contributed by atoms with Crippen LogP contribution >= 0.6 is 0 Å². The summed E-state index contributed by atoms with van der Waals surface area (Å²) in [6.45, 7) is 1.01. The zero-order valence-electron chi connectivity index (χ0n) is 10.3. The minimum absolute atomic E-state index is 0.248. The molecule has 1 aromatic heterocycles. The van der Waals surface area contributed by atoms with Crippen LogP contribution in [0.2, 0.25) is 0 Å². The Balaban J connectivity index is 1.85. The van der Waals surface area contributed by atoms with Crippen LogP contribution in [-0.4, -0.2) is 21.6 Å². The summed E-state index contributed by atoms with van der Waals surface area (Å²) in [6, 6.07) is 11.5. The Morgan fingerprint density at radius 3 is 3.00 bits per heavy atom. The lowest BCUT2D eigenvalue weighted by Crippen LogP contribution is -1.91. The summed E-state index contributed by atoms with van der Waals surface area (Å²) in [5.74, 6) is 1.08. The molecule has 0 amide bonds. The maximum atomic E-state index is 9.48. The highest BCUT2D eigenvalue weighted by molar-refractivity contribution is 5.81. The number of aromatic amines is 1. The lowest BCUT2D eigenvalue weighted by Gasteiger charge is -2.02. The third kappa shape index (κ3) is 1.64. The fraction of sp³-hybridized carbons (Fsp3) is 0.133. The highest BCUT2D eigenvalue weighted by atomic mass is 16.3. The van der Waals surface area contributed by atoms with Gasteiger partial charge in [-0.1, -0.05) is 12.1 Å². The number of imidazole rings is 1. The van der Waals surface area contributed by atoms with Crippen LogP contribution in [0.3, 0.4) is 0 Å². The van der Waals surface area contributed by atoms with Crippen LogP contribution in [0.25, 0.3) is 22.4 Å². The second-order valence-electron chi connectivity index (χ2n) is 4.84. The minimum Gasteiger partial charge on any atom is -0.508 e. The fourth-order valence-electron chi connectivity index (χ4n) is 2.57. The number of hydrogen-bond donors (Lipinski definition) is 3. The summed E-state index contributed by atoms with van der Waals surface area (Å²) in [4.78, 5) is 7.80. The van der Waals surface area contributed by atoms with Crippen molar-refractivity contribution in [3.05, 3.63) is 42.0 Å². The molecule has 0 bridgehead atoms. The Hall–Kier alpha value is -2.49. The molecule has 4 nitrogen and oxygen atoms in total. The van der Waals surface area contributed by atoms with Crippen molar-refractivity contribution in [2.75, 3.05) is 11.9 Å². The van der Waals surface area contributed by atoms with Crippen LogP contribution in [0.1, 0.15) is 5.56 Å². The first-order chi connectivity index (χ1) is 9.29. The summed E-state index contributed by atoms with van der Waals surface area (Å²) >= 11 is 0. The monoisotopic (exact) mass is 251 g/mol. The molecule has 0 spiro atoms. The van der Waals surface area contributed by atoms with E-state index in [1.165, 1.54) is 11.3 Å². The first kappa shape index (κ1) is 10.4. The molecule has 1 aliphatic heterocycles. The molecule has 0 saturated heterocycles. The summed E-state index contributed by atoms with van der Waals surface area (Å²) in [5, 5.41) is 12.9. The van der Waals surface area contributed by atoms with Gasteiger partial charge in [-0.05, 0) is 30.2 Å². The van der Waals surface area contributed by atoms with Gasteiger partial charge in [0.2, 0.25) is 0 Å². The van der Waals surface area contributed by atoms with E-state index in [0.717, 1.165) is 35.4 Å². The number of anilines is 1. The smallest absolute Gasteiger partial charge is 0.138 e. The van der Waals surface area contributed by atoms with Gasteiger partial charge in [-0.3, -0.25) is 0 Å². The zero-order chi connectivity index (χ0) is 12.8. The van der Waals surface area contributed by atoms with Crippen LogP contribution in [0.5, 0.6) is 5.75 Å². The van der Waals surface area contributed by atoms with Gasteiger partial charge in [0, 0.05) is 23.9 Å². The van der Waals surface area contributed by atoms with Gasteiger partial charge in [-0.2, -0.15) is 0 Å². The molecule has 0 aliphatic carbocycles. The summed E-state index contributed by atoms with van der Waals surface area (Å²) < 4.78 is 0. The van der Waals surface area contributed by atoms with E-state index in [2.05, 4.69) is 33.5 Å². The molecule has 3 N–H and O–H groups in total. The molecular formula is C15H13N3O. The summed E-state index contributed by atoms with van der Waals surface area (Å²) in [7, 11) is 0. The Kier molecular flexibility index (Phi) is 2.06. The van der Waals surface area contributed by atoms with Crippen molar-refractivity contribution < 1.29 is 5.11 Å². The average Bonchev–Trinajstić information content (AvgIpc) is 3.02. The van der Waals surface area contributed by atoms with Gasteiger partial charge in [0.15, 0.2) is 0 Å². The topological polar surface area (TPSA) is 60.9 Å². The number of phenols is 1. The van der Waals surface area contributed by atoms with E-state index in [-0.39, 0.29) is 5.75 Å². The predicted molar refractivity (Wildman–Crippen MR) is 75.4 cm³/mol. The standard InChI is InChI=1S/C15H13N3O/c19-11-3-4-12-14(8-11)18-15(17-12)10-2-1-9-5-6-16-13(9)7-10/h1-4,7-8,16,19H,5-6H2,(H,17,18). The Labute approximate surface area is 110 Å². The molecule has 2 heterocycles. The lowest BCUT2D eigenvalue weighted by molar-refractivity contribution is 0.476. The van der Waals surface area contributed by atoms with Gasteiger partial charge in [0.05, 0.1) is 11.0 Å². The number of hydrogen-bond acceptors (Lipinski definition) is 3. The fourth-order valence-corrected chi connectivity index (χ4v) is 2.57. The number of rotatable bonds is 1. The molecule has 1 aliphatic rings. The molecule has 0 saturated carbocycles.